The molecule has 0 aliphatic rings. The van der Waals surface area contributed by atoms with Crippen molar-refractivity contribution in [2.75, 3.05) is 0 Å². The van der Waals surface area contributed by atoms with Crippen molar-refractivity contribution in [3.8, 4) is 11.4 Å². The Morgan fingerprint density at radius 1 is 0.783 bits per heavy atom. The van der Waals surface area contributed by atoms with Crippen LogP contribution in [0.1, 0.15) is 0 Å². The van der Waals surface area contributed by atoms with E-state index in [0.29, 0.717) is 0 Å². The summed E-state index contributed by atoms with van der Waals surface area (Å²) < 4.78 is 1.19. The van der Waals surface area contributed by atoms with E-state index in [-0.39, 0.29) is 0 Å². The minimum atomic E-state index is 0.901. The first-order chi connectivity index (χ1) is 11.4. The van der Waals surface area contributed by atoms with Crippen molar-refractivity contribution in [2.24, 2.45) is 0 Å². The molecule has 0 atom stereocenters. The van der Waals surface area contributed by atoms with E-state index in [2.05, 4.69) is 28.2 Å². The highest BCUT2D eigenvalue weighted by molar-refractivity contribution is 7.25. The lowest BCUT2D eigenvalue weighted by molar-refractivity contribution is 1.30. The van der Waals surface area contributed by atoms with Gasteiger partial charge in [0.1, 0.15) is 4.83 Å². The van der Waals surface area contributed by atoms with Gasteiger partial charge in [-0.1, -0.05) is 24.3 Å². The minimum Gasteiger partial charge on any atom is -0.254 e. The number of fused-ring (bicyclic) bond motifs is 4. The van der Waals surface area contributed by atoms with Crippen LogP contribution in [0.4, 0.5) is 0 Å². The van der Waals surface area contributed by atoms with Crippen molar-refractivity contribution in [2.45, 2.75) is 0 Å². The van der Waals surface area contributed by atoms with Gasteiger partial charge in [-0.2, -0.15) is 0 Å². The Labute approximate surface area is 136 Å². The molecule has 108 valence electrons. The zero-order chi connectivity index (χ0) is 15.2. The van der Waals surface area contributed by atoms with E-state index in [0.717, 1.165) is 37.9 Å². The van der Waals surface area contributed by atoms with E-state index < -0.39 is 0 Å². The molecule has 0 aliphatic carbocycles. The van der Waals surface area contributed by atoms with Gasteiger partial charge >= 0.3 is 0 Å². The third kappa shape index (κ3) is 1.92. The molecule has 3 nitrogen and oxygen atoms in total. The number of thiophene rings is 1. The molecule has 0 unspecified atom stereocenters. The van der Waals surface area contributed by atoms with Gasteiger partial charge in [-0.25, -0.2) is 9.97 Å². The fourth-order valence-electron chi connectivity index (χ4n) is 2.95. The van der Waals surface area contributed by atoms with Crippen LogP contribution in [0.3, 0.4) is 0 Å². The molecule has 0 aliphatic heterocycles. The van der Waals surface area contributed by atoms with E-state index in [4.69, 9.17) is 4.98 Å². The van der Waals surface area contributed by atoms with E-state index in [1.165, 1.54) is 4.70 Å². The Hall–Kier alpha value is -2.85. The van der Waals surface area contributed by atoms with Crippen LogP contribution in [0.15, 0.2) is 67.0 Å². The summed E-state index contributed by atoms with van der Waals surface area (Å²) in [6.07, 6.45) is 3.68. The molecule has 4 heteroatoms. The second-order valence-electron chi connectivity index (χ2n) is 5.38. The lowest BCUT2D eigenvalue weighted by Crippen LogP contribution is -1.89. The molecule has 0 saturated carbocycles. The maximum Gasteiger partial charge on any atom is 0.124 e. The number of nitrogens with zero attached hydrogens (tertiary/aromatic N) is 3. The Bertz CT molecular complexity index is 1180. The van der Waals surface area contributed by atoms with Crippen LogP contribution in [0, 0.1) is 0 Å². The zero-order valence-corrected chi connectivity index (χ0v) is 12.9. The smallest absolute Gasteiger partial charge is 0.124 e. The number of hydrogen-bond acceptors (Lipinski definition) is 4. The summed E-state index contributed by atoms with van der Waals surface area (Å²) in [5.74, 6) is 0. The average Bonchev–Trinajstić information content (AvgIpc) is 3.00. The molecule has 0 amide bonds. The first kappa shape index (κ1) is 12.7. The van der Waals surface area contributed by atoms with Crippen LogP contribution < -0.4 is 0 Å². The summed E-state index contributed by atoms with van der Waals surface area (Å²) in [5, 5.41) is 3.43. The largest absolute Gasteiger partial charge is 0.254 e. The van der Waals surface area contributed by atoms with E-state index in [1.807, 2.05) is 48.8 Å². The molecule has 0 N–H and O–H groups in total. The lowest BCUT2D eigenvalue weighted by atomic mass is 10.1. The highest BCUT2D eigenvalue weighted by Gasteiger charge is 2.13. The summed E-state index contributed by atoms with van der Waals surface area (Å²) in [5.41, 5.74) is 2.81. The summed E-state index contributed by atoms with van der Waals surface area (Å²) in [6, 6.07) is 18.4. The third-order valence-electron chi connectivity index (χ3n) is 4.00. The summed E-state index contributed by atoms with van der Waals surface area (Å²) >= 11 is 1.70. The van der Waals surface area contributed by atoms with Gasteiger partial charge < -0.3 is 0 Å². The van der Waals surface area contributed by atoms with E-state index in [1.54, 1.807) is 11.3 Å². The lowest BCUT2D eigenvalue weighted by Gasteiger charge is -2.04. The Morgan fingerprint density at radius 2 is 1.74 bits per heavy atom. The second kappa shape index (κ2) is 4.83. The molecule has 5 rings (SSSR count). The molecule has 0 spiro atoms. The van der Waals surface area contributed by atoms with Crippen molar-refractivity contribution >= 4 is 42.5 Å². The highest BCUT2D eigenvalue weighted by Crippen LogP contribution is 2.37. The van der Waals surface area contributed by atoms with Gasteiger partial charge in [-0.15, -0.1) is 11.3 Å². The van der Waals surface area contributed by atoms with Crippen molar-refractivity contribution in [1.82, 2.24) is 15.0 Å². The monoisotopic (exact) mass is 313 g/mol. The molecule has 0 fully saturated rings. The summed E-state index contributed by atoms with van der Waals surface area (Å²) in [6.45, 7) is 0. The van der Waals surface area contributed by atoms with Gasteiger partial charge in [0.2, 0.25) is 0 Å². The molecule has 0 radical (unpaired) electrons. The molecule has 4 aromatic heterocycles. The van der Waals surface area contributed by atoms with Gasteiger partial charge in [-0.05, 0) is 30.3 Å². The minimum absolute atomic E-state index is 0.901. The highest BCUT2D eigenvalue weighted by atomic mass is 32.1. The van der Waals surface area contributed by atoms with Crippen LogP contribution in [-0.4, -0.2) is 15.0 Å². The van der Waals surface area contributed by atoms with Gasteiger partial charge in [0.15, 0.2) is 0 Å². The van der Waals surface area contributed by atoms with E-state index in [9.17, 15) is 0 Å². The molecular formula is C19H11N3S. The van der Waals surface area contributed by atoms with Crippen LogP contribution in [0.5, 0.6) is 0 Å². The number of para-hydroxylation sites is 1. The standard InChI is InChI=1S/C19H11N3S/c1-2-6-14-12(4-1)7-8-15(22-14)18-17-13-5-3-10-21-19(13)23-16(17)9-11-20-18/h1-11H. The van der Waals surface area contributed by atoms with Crippen LogP contribution in [0.2, 0.25) is 0 Å². The molecular weight excluding hydrogens is 302 g/mol. The predicted molar refractivity (Wildman–Crippen MR) is 95.7 cm³/mol. The predicted octanol–water partition coefficient (Wildman–Crippen LogP) is 5.06. The number of benzene rings is 1. The number of aromatic nitrogens is 3. The fourth-order valence-corrected chi connectivity index (χ4v) is 3.99. The molecule has 23 heavy (non-hydrogen) atoms. The summed E-state index contributed by atoms with van der Waals surface area (Å²) in [7, 11) is 0. The quantitative estimate of drug-likeness (QED) is 0.434. The topological polar surface area (TPSA) is 38.7 Å². The molecule has 4 heterocycles. The van der Waals surface area contributed by atoms with Crippen molar-refractivity contribution < 1.29 is 0 Å². The zero-order valence-electron chi connectivity index (χ0n) is 12.1. The van der Waals surface area contributed by atoms with Gasteiger partial charge in [-0.3, -0.25) is 4.98 Å². The number of rotatable bonds is 1. The van der Waals surface area contributed by atoms with Crippen LogP contribution in [0.25, 0.3) is 42.6 Å². The Balaban J connectivity index is 1.87. The normalized spacial score (nSPS) is 11.5. The summed E-state index contributed by atoms with van der Waals surface area (Å²) in [4.78, 5) is 14.9. The number of pyridine rings is 3. The molecule has 1 aromatic carbocycles. The van der Waals surface area contributed by atoms with Crippen molar-refractivity contribution in [1.29, 1.82) is 0 Å². The van der Waals surface area contributed by atoms with Crippen molar-refractivity contribution in [3.63, 3.8) is 0 Å². The fraction of sp³-hybridized carbons (Fsp3) is 0. The van der Waals surface area contributed by atoms with E-state index >= 15 is 0 Å². The molecule has 0 saturated heterocycles. The Morgan fingerprint density at radius 3 is 2.74 bits per heavy atom. The third-order valence-corrected chi connectivity index (χ3v) is 5.08. The van der Waals surface area contributed by atoms with Gasteiger partial charge in [0.05, 0.1) is 16.9 Å². The first-order valence-corrected chi connectivity index (χ1v) is 8.20. The van der Waals surface area contributed by atoms with Gasteiger partial charge in [0, 0.05) is 33.3 Å². The number of hydrogen-bond donors (Lipinski definition) is 0. The maximum atomic E-state index is 4.80. The van der Waals surface area contributed by atoms with Crippen molar-refractivity contribution in [3.05, 3.63) is 67.0 Å². The molecule has 0 bridgehead atoms. The first-order valence-electron chi connectivity index (χ1n) is 7.38. The maximum absolute atomic E-state index is 4.80. The SMILES string of the molecule is c1ccc2nc(-c3nccc4sc5ncccc5c34)ccc2c1. The van der Waals surface area contributed by atoms with Crippen LogP contribution in [-0.2, 0) is 0 Å². The molecule has 5 aromatic rings. The van der Waals surface area contributed by atoms with Gasteiger partial charge in [0.25, 0.3) is 0 Å². The average molecular weight is 313 g/mol. The Kier molecular flexibility index (Phi) is 2.66. The second-order valence-corrected chi connectivity index (χ2v) is 6.41. The van der Waals surface area contributed by atoms with Crippen LogP contribution >= 0.6 is 11.3 Å².